The van der Waals surface area contributed by atoms with Crippen LogP contribution in [0, 0.1) is 0 Å². The minimum atomic E-state index is -0.351. The van der Waals surface area contributed by atoms with Crippen molar-refractivity contribution in [2.75, 3.05) is 13.9 Å². The van der Waals surface area contributed by atoms with Crippen LogP contribution in [0.5, 0.6) is 17.2 Å². The third-order valence-electron chi connectivity index (χ3n) is 3.15. The van der Waals surface area contributed by atoms with E-state index in [0.717, 1.165) is 0 Å². The van der Waals surface area contributed by atoms with E-state index in [1.165, 1.54) is 6.21 Å². The average Bonchev–Trinajstić information content (AvgIpc) is 3.02. The van der Waals surface area contributed by atoms with Gasteiger partial charge in [0.1, 0.15) is 0 Å². The van der Waals surface area contributed by atoms with E-state index in [1.807, 2.05) is 0 Å². The molecule has 2 aromatic carbocycles. The number of rotatable bonds is 4. The predicted octanol–water partition coefficient (Wildman–Crippen LogP) is 2.84. The Kier molecular flexibility index (Phi) is 4.34. The fourth-order valence-electron chi connectivity index (χ4n) is 2.08. The third-order valence-corrected chi connectivity index (χ3v) is 3.38. The molecule has 23 heavy (non-hydrogen) atoms. The predicted molar refractivity (Wildman–Crippen MR) is 85.6 cm³/mol. The minimum Gasteiger partial charge on any atom is -0.493 e. The van der Waals surface area contributed by atoms with Crippen LogP contribution >= 0.6 is 11.6 Å². The Labute approximate surface area is 137 Å². The third kappa shape index (κ3) is 3.37. The van der Waals surface area contributed by atoms with Gasteiger partial charge < -0.3 is 14.2 Å². The molecule has 0 unspecified atom stereocenters. The molecule has 0 radical (unpaired) electrons. The number of methoxy groups -OCH3 is 1. The molecule has 0 bridgehead atoms. The zero-order chi connectivity index (χ0) is 16.2. The molecule has 1 amide bonds. The summed E-state index contributed by atoms with van der Waals surface area (Å²) in [5, 5.41) is 4.42. The van der Waals surface area contributed by atoms with Crippen molar-refractivity contribution in [3.63, 3.8) is 0 Å². The van der Waals surface area contributed by atoms with Gasteiger partial charge >= 0.3 is 0 Å². The monoisotopic (exact) mass is 332 g/mol. The number of nitrogens with one attached hydrogen (secondary N) is 1. The van der Waals surface area contributed by atoms with E-state index in [9.17, 15) is 4.79 Å². The van der Waals surface area contributed by atoms with E-state index in [1.54, 1.807) is 43.5 Å². The first-order valence-electron chi connectivity index (χ1n) is 6.74. The summed E-state index contributed by atoms with van der Waals surface area (Å²) in [7, 11) is 1.54. The lowest BCUT2D eigenvalue weighted by atomic mass is 10.2. The highest BCUT2D eigenvalue weighted by atomic mass is 35.5. The number of nitrogens with zero attached hydrogens (tertiary/aromatic N) is 1. The molecule has 6 nitrogen and oxygen atoms in total. The highest BCUT2D eigenvalue weighted by Crippen LogP contribution is 2.41. The number of ether oxygens (including phenoxy) is 3. The van der Waals surface area contributed by atoms with Crippen molar-refractivity contribution in [3.8, 4) is 17.2 Å². The largest absolute Gasteiger partial charge is 0.493 e. The van der Waals surface area contributed by atoms with E-state index in [-0.39, 0.29) is 12.7 Å². The van der Waals surface area contributed by atoms with Crippen molar-refractivity contribution in [2.45, 2.75) is 0 Å². The second-order valence-corrected chi connectivity index (χ2v) is 5.10. The van der Waals surface area contributed by atoms with Crippen molar-refractivity contribution in [3.05, 3.63) is 52.5 Å². The maximum Gasteiger partial charge on any atom is 0.271 e. The quantitative estimate of drug-likeness (QED) is 0.690. The van der Waals surface area contributed by atoms with Crippen LogP contribution in [0.15, 0.2) is 41.5 Å². The number of fused-ring (bicyclic) bond motifs is 1. The molecule has 0 fully saturated rings. The molecule has 0 aromatic heterocycles. The first-order chi connectivity index (χ1) is 11.2. The average molecular weight is 333 g/mol. The highest BCUT2D eigenvalue weighted by molar-refractivity contribution is 6.30. The van der Waals surface area contributed by atoms with Crippen molar-refractivity contribution in [1.29, 1.82) is 0 Å². The molecule has 0 spiro atoms. The molecule has 1 aliphatic rings. The van der Waals surface area contributed by atoms with Crippen LogP contribution in [0.25, 0.3) is 0 Å². The van der Waals surface area contributed by atoms with Crippen LogP contribution in [0.2, 0.25) is 5.02 Å². The number of halogens is 1. The molecule has 7 heteroatoms. The Hall–Kier alpha value is -2.73. The van der Waals surface area contributed by atoms with E-state index in [0.29, 0.717) is 33.4 Å². The van der Waals surface area contributed by atoms with Crippen LogP contribution in [-0.2, 0) is 0 Å². The zero-order valence-electron chi connectivity index (χ0n) is 12.2. The van der Waals surface area contributed by atoms with Gasteiger partial charge in [0.25, 0.3) is 5.91 Å². The number of carbonyl (C=O) groups is 1. The summed E-state index contributed by atoms with van der Waals surface area (Å²) in [5.74, 6) is 1.33. The van der Waals surface area contributed by atoms with Crippen molar-refractivity contribution < 1.29 is 19.0 Å². The minimum absolute atomic E-state index is 0.151. The summed E-state index contributed by atoms with van der Waals surface area (Å²) in [6, 6.07) is 10.1. The summed E-state index contributed by atoms with van der Waals surface area (Å²) < 4.78 is 15.9. The molecular formula is C16H13ClN2O4. The van der Waals surface area contributed by atoms with Gasteiger partial charge in [0.2, 0.25) is 12.5 Å². The number of hydrogen-bond donors (Lipinski definition) is 1. The second-order valence-electron chi connectivity index (χ2n) is 4.67. The first-order valence-corrected chi connectivity index (χ1v) is 7.12. The second kappa shape index (κ2) is 6.58. The number of amides is 1. The molecule has 2 aromatic rings. The molecule has 0 aliphatic carbocycles. The maximum absolute atomic E-state index is 11.9. The Bertz CT molecular complexity index is 777. The van der Waals surface area contributed by atoms with Gasteiger partial charge in [-0.3, -0.25) is 4.79 Å². The fourth-order valence-corrected chi connectivity index (χ4v) is 2.27. The van der Waals surface area contributed by atoms with Gasteiger partial charge in [-0.1, -0.05) is 17.7 Å². The van der Waals surface area contributed by atoms with Crippen LogP contribution in [0.4, 0.5) is 0 Å². The van der Waals surface area contributed by atoms with Crippen molar-refractivity contribution in [1.82, 2.24) is 5.43 Å². The molecular weight excluding hydrogens is 320 g/mol. The molecule has 1 aliphatic heterocycles. The van der Waals surface area contributed by atoms with Gasteiger partial charge in [0.05, 0.1) is 13.3 Å². The first kappa shape index (κ1) is 15.2. The summed E-state index contributed by atoms with van der Waals surface area (Å²) in [4.78, 5) is 11.9. The number of carbonyl (C=O) groups excluding carboxylic acids is 1. The lowest BCUT2D eigenvalue weighted by Gasteiger charge is -2.05. The summed E-state index contributed by atoms with van der Waals surface area (Å²) in [6.07, 6.45) is 1.49. The van der Waals surface area contributed by atoms with Crippen LogP contribution in [0.3, 0.4) is 0 Å². The zero-order valence-corrected chi connectivity index (χ0v) is 13.0. The smallest absolute Gasteiger partial charge is 0.271 e. The Morgan fingerprint density at radius 3 is 3.00 bits per heavy atom. The van der Waals surface area contributed by atoms with Gasteiger partial charge in [-0.25, -0.2) is 5.43 Å². The molecule has 118 valence electrons. The molecule has 1 heterocycles. The van der Waals surface area contributed by atoms with Crippen LogP contribution in [0.1, 0.15) is 15.9 Å². The van der Waals surface area contributed by atoms with E-state index >= 15 is 0 Å². The van der Waals surface area contributed by atoms with E-state index < -0.39 is 0 Å². The molecule has 0 atom stereocenters. The number of benzene rings is 2. The Morgan fingerprint density at radius 1 is 1.35 bits per heavy atom. The molecule has 0 saturated carbocycles. The van der Waals surface area contributed by atoms with Gasteiger partial charge in [-0.2, -0.15) is 5.10 Å². The Morgan fingerprint density at radius 2 is 2.22 bits per heavy atom. The normalized spacial score (nSPS) is 12.4. The standard InChI is InChI=1S/C16H13ClN2O4/c1-21-13-5-10(6-14-15(13)23-9-22-14)8-18-19-16(20)11-3-2-4-12(17)7-11/h2-8H,9H2,1H3,(H,19,20)/b18-8-. The summed E-state index contributed by atoms with van der Waals surface area (Å²) in [6.45, 7) is 0.151. The molecule has 3 rings (SSSR count). The van der Waals surface area contributed by atoms with Gasteiger partial charge in [-0.15, -0.1) is 0 Å². The SMILES string of the molecule is COc1cc(/C=N\NC(=O)c2cccc(Cl)c2)cc2c1OCO2. The van der Waals surface area contributed by atoms with Crippen LogP contribution < -0.4 is 19.6 Å². The van der Waals surface area contributed by atoms with Gasteiger partial charge in [-0.05, 0) is 30.3 Å². The van der Waals surface area contributed by atoms with Gasteiger partial charge in [0, 0.05) is 16.1 Å². The highest BCUT2D eigenvalue weighted by Gasteiger charge is 2.19. The van der Waals surface area contributed by atoms with Crippen molar-refractivity contribution in [2.24, 2.45) is 5.10 Å². The van der Waals surface area contributed by atoms with E-state index in [4.69, 9.17) is 25.8 Å². The molecule has 0 saturated heterocycles. The fraction of sp³-hybridized carbons (Fsp3) is 0.125. The Balaban J connectivity index is 1.72. The maximum atomic E-state index is 11.9. The number of hydrazone groups is 1. The molecule has 1 N–H and O–H groups in total. The topological polar surface area (TPSA) is 69.2 Å². The van der Waals surface area contributed by atoms with Crippen LogP contribution in [-0.4, -0.2) is 26.0 Å². The van der Waals surface area contributed by atoms with Gasteiger partial charge in [0.15, 0.2) is 11.5 Å². The van der Waals surface area contributed by atoms with E-state index in [2.05, 4.69) is 10.5 Å². The summed E-state index contributed by atoms with van der Waals surface area (Å²) >= 11 is 5.85. The van der Waals surface area contributed by atoms with Crippen molar-refractivity contribution >= 4 is 23.7 Å². The lowest BCUT2D eigenvalue weighted by molar-refractivity contribution is 0.0955. The lowest BCUT2D eigenvalue weighted by Crippen LogP contribution is -2.17. The number of hydrogen-bond acceptors (Lipinski definition) is 5. The summed E-state index contributed by atoms with van der Waals surface area (Å²) in [5.41, 5.74) is 3.57.